The van der Waals surface area contributed by atoms with Crippen molar-refractivity contribution in [3.63, 3.8) is 0 Å². The van der Waals surface area contributed by atoms with Crippen LogP contribution in [0.3, 0.4) is 0 Å². The van der Waals surface area contributed by atoms with Crippen LogP contribution in [0.5, 0.6) is 0 Å². The first kappa shape index (κ1) is 10.4. The van der Waals surface area contributed by atoms with Crippen LogP contribution in [0.25, 0.3) is 0 Å². The van der Waals surface area contributed by atoms with Gasteiger partial charge in [0, 0.05) is 19.6 Å². The van der Waals surface area contributed by atoms with Gasteiger partial charge in [0.25, 0.3) is 0 Å². The van der Waals surface area contributed by atoms with E-state index in [4.69, 9.17) is 5.11 Å². The first-order valence-corrected chi connectivity index (χ1v) is 4.08. The molecule has 0 aliphatic carbocycles. The highest BCUT2D eigenvalue weighted by molar-refractivity contribution is 5.75. The first-order chi connectivity index (χ1) is 5.20. The van der Waals surface area contributed by atoms with Gasteiger partial charge in [0.05, 0.1) is 0 Å². The zero-order valence-corrected chi connectivity index (χ0v) is 7.26. The molecule has 11 heavy (non-hydrogen) atoms. The topological polar surface area (TPSA) is 49.3 Å². The summed E-state index contributed by atoms with van der Waals surface area (Å²) < 4.78 is 0. The van der Waals surface area contributed by atoms with E-state index in [0.717, 1.165) is 6.42 Å². The standard InChI is InChI=1S/C8H17NO2/c1-3-4-8(11)9-5-7(2)6-10/h7,10H,3-6H2,1-2H3,(H,9,11). The first-order valence-electron chi connectivity index (χ1n) is 4.08. The number of amides is 1. The van der Waals surface area contributed by atoms with Crippen LogP contribution in [0.4, 0.5) is 0 Å². The van der Waals surface area contributed by atoms with E-state index in [-0.39, 0.29) is 18.4 Å². The number of hydrogen-bond donors (Lipinski definition) is 2. The van der Waals surface area contributed by atoms with Crippen LogP contribution in [0, 0.1) is 5.92 Å². The monoisotopic (exact) mass is 159 g/mol. The fourth-order valence-corrected chi connectivity index (χ4v) is 0.668. The molecule has 0 spiro atoms. The Balaban J connectivity index is 3.30. The molecule has 2 N–H and O–H groups in total. The Kier molecular flexibility index (Phi) is 5.84. The average Bonchev–Trinajstić information content (AvgIpc) is 2.01. The molecule has 0 aromatic rings. The van der Waals surface area contributed by atoms with E-state index < -0.39 is 0 Å². The summed E-state index contributed by atoms with van der Waals surface area (Å²) in [6.45, 7) is 4.57. The molecule has 3 nitrogen and oxygen atoms in total. The van der Waals surface area contributed by atoms with E-state index in [0.29, 0.717) is 13.0 Å². The van der Waals surface area contributed by atoms with Crippen molar-refractivity contribution in [2.45, 2.75) is 26.7 Å². The molecule has 0 aliphatic rings. The quantitative estimate of drug-likeness (QED) is 0.614. The van der Waals surface area contributed by atoms with Crippen LogP contribution >= 0.6 is 0 Å². The predicted octanol–water partition coefficient (Wildman–Crippen LogP) is 0.531. The Bertz CT molecular complexity index is 115. The lowest BCUT2D eigenvalue weighted by atomic mass is 10.2. The molecule has 0 radical (unpaired) electrons. The van der Waals surface area contributed by atoms with Crippen LogP contribution in [-0.2, 0) is 4.79 Å². The lowest BCUT2D eigenvalue weighted by Gasteiger charge is -2.08. The third-order valence-electron chi connectivity index (χ3n) is 1.44. The molecule has 0 aromatic heterocycles. The number of rotatable bonds is 5. The van der Waals surface area contributed by atoms with E-state index in [9.17, 15) is 4.79 Å². The van der Waals surface area contributed by atoms with Crippen LogP contribution in [0.1, 0.15) is 26.7 Å². The van der Waals surface area contributed by atoms with Gasteiger partial charge in [0.15, 0.2) is 0 Å². The van der Waals surface area contributed by atoms with Crippen LogP contribution in [0.2, 0.25) is 0 Å². The molecule has 0 aliphatic heterocycles. The highest BCUT2D eigenvalue weighted by Gasteiger charge is 2.02. The maximum atomic E-state index is 10.9. The molecule has 1 atom stereocenters. The normalized spacial score (nSPS) is 12.6. The predicted molar refractivity (Wildman–Crippen MR) is 44.2 cm³/mol. The average molecular weight is 159 g/mol. The van der Waals surface area contributed by atoms with Gasteiger partial charge in [-0.1, -0.05) is 13.8 Å². The number of carbonyl (C=O) groups excluding carboxylic acids is 1. The summed E-state index contributed by atoms with van der Waals surface area (Å²) >= 11 is 0. The fourth-order valence-electron chi connectivity index (χ4n) is 0.668. The minimum Gasteiger partial charge on any atom is -0.396 e. The summed E-state index contributed by atoms with van der Waals surface area (Å²) in [6.07, 6.45) is 1.46. The van der Waals surface area contributed by atoms with Crippen LogP contribution in [-0.4, -0.2) is 24.2 Å². The second-order valence-electron chi connectivity index (χ2n) is 2.84. The number of aliphatic hydroxyl groups is 1. The molecule has 0 saturated heterocycles. The number of carbonyl (C=O) groups is 1. The van der Waals surface area contributed by atoms with E-state index in [1.165, 1.54) is 0 Å². The van der Waals surface area contributed by atoms with Gasteiger partial charge >= 0.3 is 0 Å². The van der Waals surface area contributed by atoms with E-state index in [1.54, 1.807) is 0 Å². The van der Waals surface area contributed by atoms with Crippen molar-refractivity contribution in [3.8, 4) is 0 Å². The summed E-state index contributed by atoms with van der Waals surface area (Å²) in [4.78, 5) is 10.9. The van der Waals surface area contributed by atoms with Gasteiger partial charge in [0.2, 0.25) is 5.91 Å². The van der Waals surface area contributed by atoms with Gasteiger partial charge in [-0.05, 0) is 12.3 Å². The van der Waals surface area contributed by atoms with Crippen molar-refractivity contribution in [2.75, 3.05) is 13.2 Å². The maximum absolute atomic E-state index is 10.9. The van der Waals surface area contributed by atoms with E-state index in [1.807, 2.05) is 13.8 Å². The summed E-state index contributed by atoms with van der Waals surface area (Å²) in [5, 5.41) is 11.4. The Morgan fingerprint density at radius 3 is 2.73 bits per heavy atom. The minimum atomic E-state index is 0.0767. The Hall–Kier alpha value is -0.570. The summed E-state index contributed by atoms with van der Waals surface area (Å²) in [5.41, 5.74) is 0. The zero-order chi connectivity index (χ0) is 8.69. The molecule has 0 fully saturated rings. The summed E-state index contributed by atoms with van der Waals surface area (Å²) in [6, 6.07) is 0. The largest absolute Gasteiger partial charge is 0.396 e. The van der Waals surface area contributed by atoms with Crippen molar-refractivity contribution in [1.29, 1.82) is 0 Å². The minimum absolute atomic E-state index is 0.0767. The lowest BCUT2D eigenvalue weighted by Crippen LogP contribution is -2.29. The Labute approximate surface area is 67.8 Å². The smallest absolute Gasteiger partial charge is 0.219 e. The molecule has 0 heterocycles. The molecule has 1 amide bonds. The van der Waals surface area contributed by atoms with Crippen molar-refractivity contribution < 1.29 is 9.90 Å². The van der Waals surface area contributed by atoms with Gasteiger partial charge in [-0.15, -0.1) is 0 Å². The third-order valence-corrected chi connectivity index (χ3v) is 1.44. The van der Waals surface area contributed by atoms with E-state index in [2.05, 4.69) is 5.32 Å². The van der Waals surface area contributed by atoms with Crippen molar-refractivity contribution in [3.05, 3.63) is 0 Å². The SMILES string of the molecule is CCCC(=O)NCC(C)CO. The second kappa shape index (κ2) is 6.16. The van der Waals surface area contributed by atoms with Crippen LogP contribution in [0.15, 0.2) is 0 Å². The summed E-state index contributed by atoms with van der Waals surface area (Å²) in [5.74, 6) is 0.239. The molecule has 1 unspecified atom stereocenters. The molecule has 0 aromatic carbocycles. The van der Waals surface area contributed by atoms with Gasteiger partial charge < -0.3 is 10.4 Å². The van der Waals surface area contributed by atoms with Crippen molar-refractivity contribution in [1.82, 2.24) is 5.32 Å². The fraction of sp³-hybridized carbons (Fsp3) is 0.875. The van der Waals surface area contributed by atoms with Gasteiger partial charge in [-0.2, -0.15) is 0 Å². The molecule has 0 saturated carbocycles. The van der Waals surface area contributed by atoms with Gasteiger partial charge in [0.1, 0.15) is 0 Å². The molecule has 3 heteroatoms. The number of hydrogen-bond acceptors (Lipinski definition) is 2. The van der Waals surface area contributed by atoms with Gasteiger partial charge in [-0.3, -0.25) is 4.79 Å². The maximum Gasteiger partial charge on any atom is 0.219 e. The molecule has 66 valence electrons. The van der Waals surface area contributed by atoms with Gasteiger partial charge in [-0.25, -0.2) is 0 Å². The van der Waals surface area contributed by atoms with Crippen molar-refractivity contribution in [2.24, 2.45) is 5.92 Å². The van der Waals surface area contributed by atoms with Crippen LogP contribution < -0.4 is 5.32 Å². The lowest BCUT2D eigenvalue weighted by molar-refractivity contribution is -0.121. The molecular weight excluding hydrogens is 142 g/mol. The van der Waals surface area contributed by atoms with E-state index >= 15 is 0 Å². The summed E-state index contributed by atoms with van der Waals surface area (Å²) in [7, 11) is 0. The van der Waals surface area contributed by atoms with Crippen molar-refractivity contribution >= 4 is 5.91 Å². The Morgan fingerprint density at radius 1 is 1.64 bits per heavy atom. The second-order valence-corrected chi connectivity index (χ2v) is 2.84. The highest BCUT2D eigenvalue weighted by atomic mass is 16.3. The highest BCUT2D eigenvalue weighted by Crippen LogP contribution is 1.90. The zero-order valence-electron chi connectivity index (χ0n) is 7.26. The Morgan fingerprint density at radius 2 is 2.27 bits per heavy atom. The number of nitrogens with one attached hydrogen (secondary N) is 1. The number of aliphatic hydroxyl groups excluding tert-OH is 1. The molecule has 0 rings (SSSR count). The third kappa shape index (κ3) is 5.85. The molecular formula is C8H17NO2. The molecule has 0 bridgehead atoms.